The van der Waals surface area contributed by atoms with E-state index in [0.717, 1.165) is 16.9 Å². The summed E-state index contributed by atoms with van der Waals surface area (Å²) in [6.45, 7) is 6.78. The summed E-state index contributed by atoms with van der Waals surface area (Å²) in [6, 6.07) is 11.9. The fourth-order valence-electron chi connectivity index (χ4n) is 2.71. The quantitative estimate of drug-likeness (QED) is 0.382. The smallest absolute Gasteiger partial charge is 0.191 e. The Bertz CT molecular complexity index is 794. The third-order valence-corrected chi connectivity index (χ3v) is 4.14. The van der Waals surface area contributed by atoms with Crippen molar-refractivity contribution in [3.8, 4) is 5.75 Å². The minimum atomic E-state index is -0.709. The van der Waals surface area contributed by atoms with Crippen molar-refractivity contribution in [2.24, 2.45) is 4.99 Å². The molecule has 29 heavy (non-hydrogen) atoms. The number of guanidine groups is 1. The van der Waals surface area contributed by atoms with Gasteiger partial charge in [-0.15, -0.1) is 0 Å². The zero-order valence-corrected chi connectivity index (χ0v) is 17.2. The molecule has 1 unspecified atom stereocenters. The van der Waals surface area contributed by atoms with Gasteiger partial charge in [-0.3, -0.25) is 0 Å². The molecule has 2 rings (SSSR count). The summed E-state index contributed by atoms with van der Waals surface area (Å²) in [7, 11) is 0. The fraction of sp³-hybridized carbons (Fsp3) is 0.409. The van der Waals surface area contributed by atoms with Crippen LogP contribution in [0, 0.1) is 5.82 Å². The first kappa shape index (κ1) is 22.6. The first-order valence-electron chi connectivity index (χ1n) is 9.78. The predicted molar refractivity (Wildman–Crippen MR) is 112 cm³/mol. The van der Waals surface area contributed by atoms with Gasteiger partial charge in [0.05, 0.1) is 25.4 Å². The Labute approximate surface area is 171 Å². The third kappa shape index (κ3) is 7.36. The summed E-state index contributed by atoms with van der Waals surface area (Å²) in [4.78, 5) is 4.46. The summed E-state index contributed by atoms with van der Waals surface area (Å²) in [5.41, 5.74) is 1.81. The second kappa shape index (κ2) is 11.4. The highest BCUT2D eigenvalue weighted by molar-refractivity contribution is 5.79. The van der Waals surface area contributed by atoms with Gasteiger partial charge in [0.25, 0.3) is 0 Å². The fourth-order valence-corrected chi connectivity index (χ4v) is 2.71. The predicted octanol–water partition coefficient (Wildman–Crippen LogP) is 2.89. The number of halogens is 1. The number of hydrogen-bond donors (Lipinski definition) is 4. The summed E-state index contributed by atoms with van der Waals surface area (Å²) in [5.74, 6) is 0.875. The second-order valence-corrected chi connectivity index (χ2v) is 6.91. The van der Waals surface area contributed by atoms with E-state index in [-0.39, 0.29) is 24.8 Å². The van der Waals surface area contributed by atoms with Crippen molar-refractivity contribution in [3.63, 3.8) is 0 Å². The number of rotatable bonds is 9. The highest BCUT2D eigenvalue weighted by Gasteiger charge is 2.09. The van der Waals surface area contributed by atoms with Crippen molar-refractivity contribution in [2.45, 2.75) is 46.1 Å². The van der Waals surface area contributed by atoms with Gasteiger partial charge in [0, 0.05) is 18.7 Å². The molecule has 0 saturated heterocycles. The molecule has 0 spiro atoms. The number of ether oxygens (including phenoxy) is 1. The molecule has 6 nitrogen and oxygen atoms in total. The summed E-state index contributed by atoms with van der Waals surface area (Å²) in [5, 5.41) is 25.8. The molecule has 0 aromatic heterocycles. The number of aliphatic hydroxyl groups excluding tert-OH is 2. The average molecular weight is 403 g/mol. The van der Waals surface area contributed by atoms with E-state index in [2.05, 4.69) is 15.6 Å². The first-order chi connectivity index (χ1) is 13.9. The maximum absolute atomic E-state index is 13.5. The zero-order valence-electron chi connectivity index (χ0n) is 17.2. The van der Waals surface area contributed by atoms with Crippen LogP contribution in [0.15, 0.2) is 47.5 Å². The Morgan fingerprint density at radius 2 is 1.86 bits per heavy atom. The van der Waals surface area contributed by atoms with Crippen molar-refractivity contribution in [2.75, 3.05) is 13.1 Å². The van der Waals surface area contributed by atoms with E-state index in [0.29, 0.717) is 19.0 Å². The molecule has 0 fully saturated rings. The Hall–Kier alpha value is -2.64. The van der Waals surface area contributed by atoms with Gasteiger partial charge in [0.1, 0.15) is 11.6 Å². The molecule has 0 amide bonds. The topological polar surface area (TPSA) is 86.1 Å². The van der Waals surface area contributed by atoms with Crippen LogP contribution in [0.2, 0.25) is 0 Å². The van der Waals surface area contributed by atoms with Crippen molar-refractivity contribution in [1.82, 2.24) is 10.6 Å². The van der Waals surface area contributed by atoms with Gasteiger partial charge in [-0.25, -0.2) is 9.38 Å². The lowest BCUT2D eigenvalue weighted by atomic mass is 10.1. The minimum Gasteiger partial charge on any atom is -0.491 e. The molecule has 0 aliphatic carbocycles. The second-order valence-electron chi connectivity index (χ2n) is 6.91. The SMILES string of the molecule is CCNC(=NCc1ccc(F)c(CO)c1)NCC(O)c1ccc(OC(C)C)cc1. The van der Waals surface area contributed by atoms with Crippen LogP contribution in [0.4, 0.5) is 4.39 Å². The lowest BCUT2D eigenvalue weighted by molar-refractivity contribution is 0.180. The molecular formula is C22H30FN3O3. The molecule has 7 heteroatoms. The van der Waals surface area contributed by atoms with Crippen LogP contribution in [0.1, 0.15) is 43.6 Å². The van der Waals surface area contributed by atoms with Crippen molar-refractivity contribution < 1.29 is 19.3 Å². The van der Waals surface area contributed by atoms with Gasteiger partial charge in [-0.2, -0.15) is 0 Å². The van der Waals surface area contributed by atoms with Gasteiger partial charge >= 0.3 is 0 Å². The minimum absolute atomic E-state index is 0.0980. The summed E-state index contributed by atoms with van der Waals surface area (Å²) in [6.07, 6.45) is -0.611. The van der Waals surface area contributed by atoms with Crippen LogP contribution in [-0.2, 0) is 13.2 Å². The van der Waals surface area contributed by atoms with E-state index >= 15 is 0 Å². The Kier molecular flexibility index (Phi) is 8.89. The number of nitrogens with zero attached hydrogens (tertiary/aromatic N) is 1. The van der Waals surface area contributed by atoms with E-state index in [1.807, 2.05) is 45.0 Å². The molecule has 158 valence electrons. The molecule has 4 N–H and O–H groups in total. The van der Waals surface area contributed by atoms with Crippen LogP contribution in [0.3, 0.4) is 0 Å². The van der Waals surface area contributed by atoms with Gasteiger partial charge in [-0.05, 0) is 56.2 Å². The molecule has 0 aliphatic heterocycles. The number of aliphatic imine (C=N–C) groups is 1. The maximum atomic E-state index is 13.5. The summed E-state index contributed by atoms with van der Waals surface area (Å²) >= 11 is 0. The largest absolute Gasteiger partial charge is 0.491 e. The molecule has 0 radical (unpaired) electrons. The molecule has 0 saturated carbocycles. The van der Waals surface area contributed by atoms with Crippen LogP contribution in [0.5, 0.6) is 5.75 Å². The molecule has 0 heterocycles. The number of benzene rings is 2. The van der Waals surface area contributed by atoms with Crippen molar-refractivity contribution >= 4 is 5.96 Å². The van der Waals surface area contributed by atoms with E-state index < -0.39 is 11.9 Å². The number of aliphatic hydroxyl groups is 2. The number of nitrogens with one attached hydrogen (secondary N) is 2. The molecule has 2 aromatic rings. The molecule has 2 aromatic carbocycles. The summed E-state index contributed by atoms with van der Waals surface area (Å²) < 4.78 is 19.1. The van der Waals surface area contributed by atoms with E-state index in [1.165, 1.54) is 6.07 Å². The standard InChI is InChI=1S/C22H30FN3O3/c1-4-24-22(25-12-16-5-10-20(23)18(11-16)14-27)26-13-21(28)17-6-8-19(9-7-17)29-15(2)3/h5-11,15,21,27-28H,4,12-14H2,1-3H3,(H2,24,25,26). The highest BCUT2D eigenvalue weighted by Crippen LogP contribution is 2.18. The van der Waals surface area contributed by atoms with Gasteiger partial charge in [0.2, 0.25) is 0 Å². The highest BCUT2D eigenvalue weighted by atomic mass is 19.1. The van der Waals surface area contributed by atoms with E-state index in [4.69, 9.17) is 4.74 Å². The average Bonchev–Trinajstić information content (AvgIpc) is 2.71. The number of hydrogen-bond acceptors (Lipinski definition) is 4. The normalized spacial score (nSPS) is 12.7. The molecule has 0 aliphatic rings. The van der Waals surface area contributed by atoms with E-state index in [1.54, 1.807) is 12.1 Å². The molecular weight excluding hydrogens is 373 g/mol. The van der Waals surface area contributed by atoms with Crippen LogP contribution < -0.4 is 15.4 Å². The van der Waals surface area contributed by atoms with Crippen molar-refractivity contribution in [3.05, 3.63) is 65.0 Å². The molecule has 0 bridgehead atoms. The van der Waals surface area contributed by atoms with Crippen LogP contribution in [-0.4, -0.2) is 35.4 Å². The lowest BCUT2D eigenvalue weighted by Gasteiger charge is -2.16. The Morgan fingerprint density at radius 3 is 2.48 bits per heavy atom. The van der Waals surface area contributed by atoms with Crippen LogP contribution in [0.25, 0.3) is 0 Å². The van der Waals surface area contributed by atoms with E-state index in [9.17, 15) is 14.6 Å². The zero-order chi connectivity index (χ0) is 21.2. The van der Waals surface area contributed by atoms with Gasteiger partial charge in [-0.1, -0.05) is 18.2 Å². The Morgan fingerprint density at radius 1 is 1.14 bits per heavy atom. The first-order valence-corrected chi connectivity index (χ1v) is 9.78. The van der Waals surface area contributed by atoms with Gasteiger partial charge in [0.15, 0.2) is 5.96 Å². The lowest BCUT2D eigenvalue weighted by Crippen LogP contribution is -2.39. The maximum Gasteiger partial charge on any atom is 0.191 e. The monoisotopic (exact) mass is 403 g/mol. The van der Waals surface area contributed by atoms with Crippen molar-refractivity contribution in [1.29, 1.82) is 0 Å². The molecule has 1 atom stereocenters. The third-order valence-electron chi connectivity index (χ3n) is 4.14. The van der Waals surface area contributed by atoms with Gasteiger partial charge < -0.3 is 25.6 Å². The Balaban J connectivity index is 1.96. The van der Waals surface area contributed by atoms with Crippen LogP contribution >= 0.6 is 0 Å².